The van der Waals surface area contributed by atoms with Crippen molar-refractivity contribution in [1.29, 1.82) is 0 Å². The monoisotopic (exact) mass is 474 g/mol. The Labute approximate surface area is 171 Å². The zero-order chi connectivity index (χ0) is 19.3. The molecule has 0 saturated heterocycles. The van der Waals surface area contributed by atoms with E-state index in [9.17, 15) is 5.11 Å². The number of rotatable bonds is 3. The van der Waals surface area contributed by atoms with Crippen molar-refractivity contribution < 1.29 is 26.0 Å². The molecule has 136 valence electrons. The minimum absolute atomic E-state index is 0.0753. The summed E-state index contributed by atoms with van der Waals surface area (Å²) in [6.45, 7) is 10.9. The molecule has 1 aromatic carbocycles. The van der Waals surface area contributed by atoms with Gasteiger partial charge < -0.3 is 9.67 Å². The van der Waals surface area contributed by atoms with E-state index in [1.54, 1.807) is 0 Å². The van der Waals surface area contributed by atoms with Crippen molar-refractivity contribution in [1.82, 2.24) is 4.98 Å². The molecule has 0 atom stereocenters. The number of halogens is 2. The predicted octanol–water partition coefficient (Wildman–Crippen LogP) is 5.01. The first-order valence-electron chi connectivity index (χ1n) is 8.01. The van der Waals surface area contributed by atoms with E-state index in [0.29, 0.717) is 5.75 Å². The Balaban J connectivity index is 0.000000970. The molecule has 1 heterocycles. The van der Waals surface area contributed by atoms with Gasteiger partial charge in [0.05, 0.1) is 0 Å². The second-order valence-corrected chi connectivity index (χ2v) is 15.4. The minimum atomic E-state index is -2.06. The van der Waals surface area contributed by atoms with Crippen LogP contribution < -0.4 is 9.75 Å². The zero-order valence-corrected chi connectivity index (χ0v) is 20.6. The number of hydrogen-bond donors (Lipinski definition) is 1. The molecule has 1 aromatic heterocycles. The van der Waals surface area contributed by atoms with Gasteiger partial charge in [0.15, 0.2) is 8.24 Å². The summed E-state index contributed by atoms with van der Waals surface area (Å²) in [5, 5.41) is 11.9. The van der Waals surface area contributed by atoms with Gasteiger partial charge in [0, 0.05) is 11.4 Å². The first kappa shape index (κ1) is 22.7. The van der Waals surface area contributed by atoms with Crippen LogP contribution in [0.2, 0.25) is 13.1 Å². The van der Waals surface area contributed by atoms with Gasteiger partial charge in [-0.15, -0.1) is 0 Å². The van der Waals surface area contributed by atoms with Crippen molar-refractivity contribution in [3.05, 3.63) is 48.2 Å². The van der Waals surface area contributed by atoms with Crippen LogP contribution in [-0.4, -0.2) is 25.4 Å². The van der Waals surface area contributed by atoms with E-state index in [1.807, 2.05) is 30.5 Å². The van der Waals surface area contributed by atoms with Crippen molar-refractivity contribution in [3.8, 4) is 5.75 Å². The van der Waals surface area contributed by atoms with Gasteiger partial charge in [-0.3, -0.25) is 0 Å². The number of aromatic hydroxyl groups is 1. The Morgan fingerprint density at radius 3 is 2.16 bits per heavy atom. The van der Waals surface area contributed by atoms with Gasteiger partial charge in [-0.1, -0.05) is 45.0 Å². The molecule has 0 fully saturated rings. The van der Waals surface area contributed by atoms with Crippen molar-refractivity contribution in [2.75, 3.05) is 11.6 Å². The Morgan fingerprint density at radius 2 is 1.68 bits per heavy atom. The maximum absolute atomic E-state index is 10.8. The van der Waals surface area contributed by atoms with Crippen LogP contribution in [0.15, 0.2) is 42.6 Å². The molecule has 0 amide bonds. The number of phenolic OH excluding ortho intramolecular Hbond substituents is 1. The third-order valence-corrected chi connectivity index (χ3v) is 7.96. The van der Waals surface area contributed by atoms with Gasteiger partial charge in [-0.05, 0) is 43.3 Å². The van der Waals surface area contributed by atoms with Gasteiger partial charge in [0.1, 0.15) is 11.6 Å². The Kier molecular flexibility index (Phi) is 8.66. The fourth-order valence-electron chi connectivity index (χ4n) is 2.66. The fraction of sp³-hybridized carbons (Fsp3) is 0.389. The Hall–Kier alpha value is -0.350. The second-order valence-electron chi connectivity index (χ2n) is 7.33. The maximum atomic E-state index is 10.8. The SMILES string of the molecule is CN(c1ccccn1)[Si](C)(C)c1cccc(C(C)(C)C)c1O.[Cl][Zr][Cl]. The van der Waals surface area contributed by atoms with Crippen molar-refractivity contribution >= 4 is 36.3 Å². The Bertz CT molecular complexity index is 679. The summed E-state index contributed by atoms with van der Waals surface area (Å²) in [6.07, 6.45) is 1.81. The average molecular weight is 477 g/mol. The zero-order valence-electron chi connectivity index (χ0n) is 15.6. The van der Waals surface area contributed by atoms with Gasteiger partial charge in [0.2, 0.25) is 0 Å². The summed E-state index contributed by atoms with van der Waals surface area (Å²) in [5.74, 6) is 1.38. The number of nitrogens with zero attached hydrogens (tertiary/aromatic N) is 2. The van der Waals surface area contributed by atoms with Crippen LogP contribution in [0.3, 0.4) is 0 Å². The van der Waals surface area contributed by atoms with E-state index in [-0.39, 0.29) is 5.41 Å². The van der Waals surface area contributed by atoms with Crippen molar-refractivity contribution in [2.45, 2.75) is 39.3 Å². The van der Waals surface area contributed by atoms with E-state index < -0.39 is 29.1 Å². The average Bonchev–Trinajstić information content (AvgIpc) is 2.54. The molecule has 0 aliphatic rings. The molecular weight excluding hydrogens is 450 g/mol. The molecular formula is C18H26Cl2N2OSiZr. The molecule has 3 nitrogen and oxygen atoms in total. The fourth-order valence-corrected chi connectivity index (χ4v) is 4.95. The number of anilines is 1. The van der Waals surface area contributed by atoms with Gasteiger partial charge in [-0.2, -0.15) is 0 Å². The first-order valence-corrected chi connectivity index (χ1v) is 17.3. The number of phenols is 1. The summed E-state index contributed by atoms with van der Waals surface area (Å²) in [4.78, 5) is 4.45. The Morgan fingerprint density at radius 1 is 1.08 bits per heavy atom. The first-order chi connectivity index (χ1) is 11.6. The number of benzene rings is 1. The van der Waals surface area contributed by atoms with Crippen LogP contribution in [-0.2, 0) is 26.3 Å². The van der Waals surface area contributed by atoms with Gasteiger partial charge >= 0.3 is 37.9 Å². The molecule has 0 spiro atoms. The number of hydrogen-bond acceptors (Lipinski definition) is 3. The number of aromatic nitrogens is 1. The summed E-state index contributed by atoms with van der Waals surface area (Å²) >= 11 is -0.826. The van der Waals surface area contributed by atoms with E-state index >= 15 is 0 Å². The van der Waals surface area contributed by atoms with E-state index in [2.05, 4.69) is 62.6 Å². The molecule has 0 radical (unpaired) electrons. The van der Waals surface area contributed by atoms with Crippen LogP contribution >= 0.6 is 17.0 Å². The van der Waals surface area contributed by atoms with Crippen molar-refractivity contribution in [2.24, 2.45) is 0 Å². The number of para-hydroxylation sites is 1. The van der Waals surface area contributed by atoms with Crippen LogP contribution in [0.4, 0.5) is 5.82 Å². The van der Waals surface area contributed by atoms with Crippen LogP contribution in [0.1, 0.15) is 26.3 Å². The standard InChI is InChI=1S/C18H26N2OSi.2ClH.Zr/c1-18(2,3)14-10-9-11-15(17(14)21)22(5,6)20(4)16-12-7-8-13-19-16;;;/h7-13,21H,1-6H3;2*1H;/q;;;+2/p-2. The topological polar surface area (TPSA) is 36.4 Å². The molecule has 0 unspecified atom stereocenters. The van der Waals surface area contributed by atoms with E-state index in [4.69, 9.17) is 17.0 Å². The van der Waals surface area contributed by atoms with Gasteiger partial charge in [-0.25, -0.2) is 4.98 Å². The predicted molar refractivity (Wildman–Crippen MR) is 108 cm³/mol. The van der Waals surface area contributed by atoms with Crippen LogP contribution in [0, 0.1) is 0 Å². The molecule has 0 bridgehead atoms. The number of pyridine rings is 1. The summed E-state index contributed by atoms with van der Waals surface area (Å²) in [5.41, 5.74) is 0.925. The second kappa shape index (κ2) is 9.55. The van der Waals surface area contributed by atoms with Crippen LogP contribution in [0.5, 0.6) is 5.75 Å². The molecule has 0 saturated carbocycles. The normalized spacial score (nSPS) is 11.4. The molecule has 2 aromatic rings. The molecule has 7 heteroatoms. The molecule has 0 aliphatic heterocycles. The third-order valence-electron chi connectivity index (χ3n) is 4.33. The molecule has 2 rings (SSSR count). The van der Waals surface area contributed by atoms with Crippen molar-refractivity contribution in [3.63, 3.8) is 0 Å². The molecule has 25 heavy (non-hydrogen) atoms. The summed E-state index contributed by atoms with van der Waals surface area (Å²) < 4.78 is 2.23. The molecule has 1 N–H and O–H groups in total. The van der Waals surface area contributed by atoms with E-state index in [0.717, 1.165) is 16.6 Å². The summed E-state index contributed by atoms with van der Waals surface area (Å²) in [7, 11) is 9.88. The quantitative estimate of drug-likeness (QED) is 0.633. The van der Waals surface area contributed by atoms with Gasteiger partial charge in [0.25, 0.3) is 0 Å². The third kappa shape index (κ3) is 5.82. The summed E-state index contributed by atoms with van der Waals surface area (Å²) in [6, 6.07) is 12.1. The van der Waals surface area contributed by atoms with E-state index in [1.165, 1.54) is 0 Å². The van der Waals surface area contributed by atoms with Crippen LogP contribution in [0.25, 0.3) is 0 Å². The molecule has 0 aliphatic carbocycles.